The Morgan fingerprint density at radius 2 is 1.91 bits per heavy atom. The van der Waals surface area contributed by atoms with Crippen molar-refractivity contribution in [1.29, 1.82) is 0 Å². The molecule has 0 unspecified atom stereocenters. The zero-order chi connectivity index (χ0) is 22.6. The maximum Gasteiger partial charge on any atom is 0.147 e. The highest BCUT2D eigenvalue weighted by molar-refractivity contribution is 7.08. The fourth-order valence-corrected chi connectivity index (χ4v) is 5.33. The molecule has 0 amide bonds. The Hall–Kier alpha value is -4.01. The van der Waals surface area contributed by atoms with E-state index < -0.39 is 0 Å². The third-order valence-corrected chi connectivity index (χ3v) is 7.15. The number of rotatable bonds is 4. The Labute approximate surface area is 199 Å². The van der Waals surface area contributed by atoms with Crippen LogP contribution in [-0.4, -0.2) is 44.3 Å². The standard InChI is InChI=1S/C26H21N7S/c27-17-12-33(13-17)25-11-28-10-24(30-25)15-4-5-22-20(8-15)26(32-31-22)23-9-19-18(16-6-7-34-14-16)2-1-3-21(19)29-23/h1-11,14,17,29H,12-13,27H2,(H,31,32). The van der Waals surface area contributed by atoms with Crippen LogP contribution >= 0.6 is 11.3 Å². The Morgan fingerprint density at radius 3 is 2.76 bits per heavy atom. The zero-order valence-corrected chi connectivity index (χ0v) is 19.0. The van der Waals surface area contributed by atoms with Crippen molar-refractivity contribution < 1.29 is 0 Å². The van der Waals surface area contributed by atoms with E-state index in [0.29, 0.717) is 0 Å². The molecule has 4 N–H and O–H groups in total. The first-order valence-corrected chi connectivity index (χ1v) is 12.1. The van der Waals surface area contributed by atoms with Crippen molar-refractivity contribution in [3.8, 4) is 33.8 Å². The third kappa shape index (κ3) is 3.11. The summed E-state index contributed by atoms with van der Waals surface area (Å²) in [6.07, 6.45) is 3.60. The van der Waals surface area contributed by atoms with Crippen LogP contribution in [0.5, 0.6) is 0 Å². The number of hydrogen-bond acceptors (Lipinski definition) is 6. The van der Waals surface area contributed by atoms with Crippen molar-refractivity contribution in [2.24, 2.45) is 5.73 Å². The summed E-state index contributed by atoms with van der Waals surface area (Å²) in [4.78, 5) is 15.0. The summed E-state index contributed by atoms with van der Waals surface area (Å²) >= 11 is 1.71. The number of fused-ring (bicyclic) bond motifs is 2. The maximum atomic E-state index is 5.94. The third-order valence-electron chi connectivity index (χ3n) is 6.47. The zero-order valence-electron chi connectivity index (χ0n) is 18.2. The van der Waals surface area contributed by atoms with Gasteiger partial charge in [-0.05, 0) is 52.2 Å². The monoisotopic (exact) mass is 463 g/mol. The van der Waals surface area contributed by atoms with E-state index in [-0.39, 0.29) is 6.04 Å². The van der Waals surface area contributed by atoms with Gasteiger partial charge in [0.05, 0.1) is 29.3 Å². The molecule has 0 spiro atoms. The number of aromatic nitrogens is 5. The minimum Gasteiger partial charge on any atom is -0.353 e. The van der Waals surface area contributed by atoms with Gasteiger partial charge < -0.3 is 15.6 Å². The second kappa shape index (κ2) is 7.51. The van der Waals surface area contributed by atoms with Crippen LogP contribution in [0, 0.1) is 0 Å². The Morgan fingerprint density at radius 1 is 0.971 bits per heavy atom. The van der Waals surface area contributed by atoms with Gasteiger partial charge in [-0.3, -0.25) is 10.1 Å². The lowest BCUT2D eigenvalue weighted by molar-refractivity contribution is 0.514. The Bertz CT molecular complexity index is 1640. The van der Waals surface area contributed by atoms with E-state index in [0.717, 1.165) is 58.0 Å². The van der Waals surface area contributed by atoms with Gasteiger partial charge in [0.1, 0.15) is 11.5 Å². The normalized spacial score (nSPS) is 14.2. The molecule has 1 fully saturated rings. The predicted molar refractivity (Wildman–Crippen MR) is 138 cm³/mol. The molecule has 8 heteroatoms. The van der Waals surface area contributed by atoms with Crippen LogP contribution in [0.2, 0.25) is 0 Å². The molecule has 6 aromatic rings. The van der Waals surface area contributed by atoms with Crippen molar-refractivity contribution in [1.82, 2.24) is 25.1 Å². The van der Waals surface area contributed by atoms with Gasteiger partial charge in [-0.25, -0.2) is 4.98 Å². The van der Waals surface area contributed by atoms with Gasteiger partial charge in [-0.15, -0.1) is 0 Å². The molecule has 0 radical (unpaired) electrons. The molecule has 0 atom stereocenters. The summed E-state index contributed by atoms with van der Waals surface area (Å²) in [7, 11) is 0. The smallest absolute Gasteiger partial charge is 0.147 e. The SMILES string of the molecule is NC1CN(c2cncc(-c3ccc4[nH]nc(-c5cc6c(-c7ccsc7)cccc6[nH]5)c4c3)n2)C1. The molecule has 0 saturated carbocycles. The Balaban J connectivity index is 1.31. The fourth-order valence-electron chi connectivity index (χ4n) is 4.68. The van der Waals surface area contributed by atoms with Crippen molar-refractivity contribution in [3.63, 3.8) is 0 Å². The fraction of sp³-hybridized carbons (Fsp3) is 0.115. The quantitative estimate of drug-likeness (QED) is 0.340. The molecule has 7 rings (SSSR count). The lowest BCUT2D eigenvalue weighted by Crippen LogP contribution is -2.56. The van der Waals surface area contributed by atoms with Gasteiger partial charge in [-0.1, -0.05) is 18.2 Å². The molecule has 2 aromatic carbocycles. The molecule has 4 aromatic heterocycles. The highest BCUT2D eigenvalue weighted by Gasteiger charge is 2.24. The van der Waals surface area contributed by atoms with E-state index in [1.807, 2.05) is 0 Å². The number of nitrogens with two attached hydrogens (primary N) is 1. The number of hydrogen-bond donors (Lipinski definition) is 3. The minimum absolute atomic E-state index is 0.215. The summed E-state index contributed by atoms with van der Waals surface area (Å²) in [6.45, 7) is 1.63. The highest BCUT2D eigenvalue weighted by Crippen LogP contribution is 2.35. The van der Waals surface area contributed by atoms with Gasteiger partial charge in [0.25, 0.3) is 0 Å². The van der Waals surface area contributed by atoms with Crippen molar-refractivity contribution in [3.05, 3.63) is 71.7 Å². The van der Waals surface area contributed by atoms with E-state index in [2.05, 4.69) is 84.4 Å². The average molecular weight is 464 g/mol. The first kappa shape index (κ1) is 19.5. The number of anilines is 1. The first-order valence-electron chi connectivity index (χ1n) is 11.2. The second-order valence-electron chi connectivity index (χ2n) is 8.72. The molecule has 0 aliphatic carbocycles. The minimum atomic E-state index is 0.215. The van der Waals surface area contributed by atoms with E-state index in [1.165, 1.54) is 16.5 Å². The van der Waals surface area contributed by atoms with Crippen LogP contribution in [0.3, 0.4) is 0 Å². The average Bonchev–Trinajstić information content (AvgIpc) is 3.60. The molecule has 166 valence electrons. The largest absolute Gasteiger partial charge is 0.353 e. The van der Waals surface area contributed by atoms with Crippen LogP contribution in [0.15, 0.2) is 71.7 Å². The molecule has 7 nitrogen and oxygen atoms in total. The van der Waals surface area contributed by atoms with E-state index in [4.69, 9.17) is 10.7 Å². The Kier molecular flexibility index (Phi) is 4.30. The summed E-state index contributed by atoms with van der Waals surface area (Å²) in [6, 6.07) is 17.2. The number of aromatic amines is 2. The molecule has 0 bridgehead atoms. The molecule has 1 aliphatic rings. The summed E-state index contributed by atoms with van der Waals surface area (Å²) < 4.78 is 0. The van der Waals surface area contributed by atoms with Gasteiger partial charge in [0.2, 0.25) is 0 Å². The van der Waals surface area contributed by atoms with Crippen molar-refractivity contribution in [2.75, 3.05) is 18.0 Å². The maximum absolute atomic E-state index is 5.94. The summed E-state index contributed by atoms with van der Waals surface area (Å²) in [5.74, 6) is 0.864. The molecular weight excluding hydrogens is 442 g/mol. The van der Waals surface area contributed by atoms with Crippen molar-refractivity contribution >= 4 is 39.0 Å². The summed E-state index contributed by atoms with van der Waals surface area (Å²) in [5, 5.41) is 14.4. The number of benzene rings is 2. The number of nitrogens with one attached hydrogen (secondary N) is 2. The number of nitrogens with zero attached hydrogens (tertiary/aromatic N) is 4. The van der Waals surface area contributed by atoms with E-state index in [1.54, 1.807) is 23.7 Å². The van der Waals surface area contributed by atoms with Crippen LogP contribution < -0.4 is 10.6 Å². The van der Waals surface area contributed by atoms with E-state index in [9.17, 15) is 0 Å². The van der Waals surface area contributed by atoms with Gasteiger partial charge in [-0.2, -0.15) is 16.4 Å². The molecule has 1 aliphatic heterocycles. The van der Waals surface area contributed by atoms with Gasteiger partial charge in [0, 0.05) is 41.0 Å². The number of H-pyrrole nitrogens is 2. The van der Waals surface area contributed by atoms with Crippen LogP contribution in [0.25, 0.3) is 55.6 Å². The highest BCUT2D eigenvalue weighted by atomic mass is 32.1. The lowest BCUT2D eigenvalue weighted by Gasteiger charge is -2.37. The van der Waals surface area contributed by atoms with E-state index >= 15 is 0 Å². The molecule has 1 saturated heterocycles. The first-order chi connectivity index (χ1) is 16.7. The van der Waals surface area contributed by atoms with Crippen LogP contribution in [0.1, 0.15) is 0 Å². The lowest BCUT2D eigenvalue weighted by atomic mass is 10.0. The molecule has 5 heterocycles. The van der Waals surface area contributed by atoms with Gasteiger partial charge >= 0.3 is 0 Å². The molecular formula is C26H21N7S. The number of thiophene rings is 1. The van der Waals surface area contributed by atoms with Crippen LogP contribution in [-0.2, 0) is 0 Å². The van der Waals surface area contributed by atoms with Crippen LogP contribution in [0.4, 0.5) is 5.82 Å². The van der Waals surface area contributed by atoms with Crippen molar-refractivity contribution in [2.45, 2.75) is 6.04 Å². The van der Waals surface area contributed by atoms with Gasteiger partial charge in [0.15, 0.2) is 0 Å². The summed E-state index contributed by atoms with van der Waals surface area (Å²) in [5.41, 5.74) is 14.2. The second-order valence-corrected chi connectivity index (χ2v) is 9.50. The predicted octanol–water partition coefficient (Wildman–Crippen LogP) is 5.04. The molecule has 34 heavy (non-hydrogen) atoms. The topological polar surface area (TPSA) is 99.5 Å².